The van der Waals surface area contributed by atoms with E-state index < -0.39 is 0 Å². The molecule has 2 heteroatoms. The lowest BCUT2D eigenvalue weighted by molar-refractivity contribution is 0.598. The Morgan fingerprint density at radius 1 is 0.875 bits per heavy atom. The highest BCUT2D eigenvalue weighted by Gasteiger charge is 2.34. The van der Waals surface area contributed by atoms with Gasteiger partial charge in [-0.1, -0.05) is 129 Å². The summed E-state index contributed by atoms with van der Waals surface area (Å²) in [7, 11) is 0. The van der Waals surface area contributed by atoms with Gasteiger partial charge in [-0.15, -0.1) is 0 Å². The highest BCUT2D eigenvalue weighted by Crippen LogP contribution is 2.46. The molecule has 4 aromatic carbocycles. The van der Waals surface area contributed by atoms with Crippen LogP contribution in [0.1, 0.15) is 37.0 Å². The van der Waals surface area contributed by atoms with E-state index in [9.17, 15) is 0 Å². The van der Waals surface area contributed by atoms with Crippen LogP contribution in [-0.4, -0.2) is 11.5 Å². The zero-order chi connectivity index (χ0) is 32.6. The van der Waals surface area contributed by atoms with Crippen molar-refractivity contribution in [3.63, 3.8) is 0 Å². The lowest BCUT2D eigenvalue weighted by Crippen LogP contribution is -2.39. The second-order valence-electron chi connectivity index (χ2n) is 12.7. The molecule has 0 saturated heterocycles. The predicted octanol–water partition coefficient (Wildman–Crippen LogP) is 7.49. The Labute approximate surface area is 282 Å². The van der Waals surface area contributed by atoms with Crippen LogP contribution in [0.25, 0.3) is 39.3 Å². The van der Waals surface area contributed by atoms with E-state index in [1.807, 2.05) is 18.3 Å². The SMILES string of the molecule is C=C(/C1=C/C=c2/ccc3cccnc3/c2=N\CC1)c1ccccc1/C(=C\C)C1=c2ccccc2=C(c2cc#ccc2)C2C1=CC=CC2C. The smallest absolute Gasteiger partial charge is 0.0960 e. The minimum atomic E-state index is 0.219. The van der Waals surface area contributed by atoms with E-state index in [0.717, 1.165) is 39.0 Å². The Morgan fingerprint density at radius 3 is 2.54 bits per heavy atom. The molecule has 0 radical (unpaired) electrons. The monoisotopic (exact) mass is 616 g/mol. The van der Waals surface area contributed by atoms with Crippen molar-refractivity contribution in [2.75, 3.05) is 6.54 Å². The lowest BCUT2D eigenvalue weighted by Gasteiger charge is -2.35. The summed E-state index contributed by atoms with van der Waals surface area (Å²) in [5, 5.41) is 5.71. The number of hydrogen-bond acceptors (Lipinski definition) is 2. The summed E-state index contributed by atoms with van der Waals surface area (Å²) in [5.74, 6) is 0.557. The summed E-state index contributed by atoms with van der Waals surface area (Å²) in [4.78, 5) is 9.70. The number of allylic oxidation sites excluding steroid dienone is 8. The van der Waals surface area contributed by atoms with Gasteiger partial charge in [-0.25, -0.2) is 0 Å². The van der Waals surface area contributed by atoms with Crippen LogP contribution in [-0.2, 0) is 0 Å². The van der Waals surface area contributed by atoms with Gasteiger partial charge in [0.15, 0.2) is 0 Å². The summed E-state index contributed by atoms with van der Waals surface area (Å²) >= 11 is 0. The molecule has 0 saturated carbocycles. The minimum absolute atomic E-state index is 0.219. The topological polar surface area (TPSA) is 25.2 Å². The number of hydrogen-bond donors (Lipinski definition) is 0. The standard InChI is InChI=1S/C46H36N2/c1-4-36(44-40-21-11-10-20-39(40)43(33-15-6-5-7-16-33)42-30(2)14-12-22-41(42)44)38-19-9-8-18-37(38)31(3)32-23-24-35-26-25-34-17-13-28-47-45(34)46(35)48-29-27-32/h4,6,8-26,28,30,42H,3,27,29H2,1-2H3/b32-23+,35-24-,36-4+,48-46-. The molecular formula is C46H36N2. The molecule has 48 heavy (non-hydrogen) atoms. The third kappa shape index (κ3) is 5.00. The van der Waals surface area contributed by atoms with Gasteiger partial charge in [0.2, 0.25) is 0 Å². The fourth-order valence-corrected chi connectivity index (χ4v) is 7.75. The number of pyridine rings is 1. The van der Waals surface area contributed by atoms with Gasteiger partial charge in [-0.2, -0.15) is 0 Å². The Bertz CT molecular complexity index is 2490. The Morgan fingerprint density at radius 2 is 1.71 bits per heavy atom. The van der Waals surface area contributed by atoms with Crippen molar-refractivity contribution in [2.24, 2.45) is 16.8 Å². The summed E-state index contributed by atoms with van der Waals surface area (Å²) in [5.41, 5.74) is 12.0. The van der Waals surface area contributed by atoms with Gasteiger partial charge in [-0.05, 0) is 104 Å². The molecule has 0 spiro atoms. The van der Waals surface area contributed by atoms with Crippen molar-refractivity contribution in [1.82, 2.24) is 4.98 Å². The van der Waals surface area contributed by atoms with E-state index in [1.165, 1.54) is 49.4 Å². The normalized spacial score (nSPS) is 21.0. The third-order valence-electron chi connectivity index (χ3n) is 9.99. The molecule has 0 N–H and O–H groups in total. The maximum Gasteiger partial charge on any atom is 0.0960 e. The van der Waals surface area contributed by atoms with Crippen LogP contribution in [0, 0.1) is 24.0 Å². The molecule has 0 bridgehead atoms. The average Bonchev–Trinajstić information content (AvgIpc) is 3.12. The molecular weight excluding hydrogens is 581 g/mol. The minimum Gasteiger partial charge on any atom is -0.282 e. The molecule has 0 amide bonds. The Hall–Kier alpha value is -5.78. The van der Waals surface area contributed by atoms with Crippen molar-refractivity contribution in [1.29, 1.82) is 0 Å². The van der Waals surface area contributed by atoms with Crippen LogP contribution in [0.5, 0.6) is 0 Å². The molecule has 2 unspecified atom stereocenters. The largest absolute Gasteiger partial charge is 0.282 e. The van der Waals surface area contributed by atoms with E-state index in [4.69, 9.17) is 11.6 Å². The van der Waals surface area contributed by atoms with Gasteiger partial charge < -0.3 is 0 Å². The van der Waals surface area contributed by atoms with Crippen molar-refractivity contribution >= 4 is 39.3 Å². The maximum atomic E-state index is 5.05. The first-order valence-corrected chi connectivity index (χ1v) is 16.8. The van der Waals surface area contributed by atoms with Gasteiger partial charge >= 0.3 is 0 Å². The van der Waals surface area contributed by atoms with Crippen LogP contribution >= 0.6 is 0 Å². The molecule has 230 valence electrons. The second-order valence-corrected chi connectivity index (χ2v) is 12.7. The van der Waals surface area contributed by atoms with E-state index >= 15 is 0 Å². The summed E-state index contributed by atoms with van der Waals surface area (Å²) in [6.07, 6.45) is 16.3. The zero-order valence-electron chi connectivity index (χ0n) is 27.4. The fourth-order valence-electron chi connectivity index (χ4n) is 7.75. The van der Waals surface area contributed by atoms with E-state index in [2.05, 4.69) is 146 Å². The van der Waals surface area contributed by atoms with Gasteiger partial charge in [0.05, 0.1) is 10.9 Å². The van der Waals surface area contributed by atoms with Crippen LogP contribution in [0.3, 0.4) is 0 Å². The second kappa shape index (κ2) is 12.4. The first kappa shape index (κ1) is 29.6. The molecule has 1 aromatic heterocycles. The van der Waals surface area contributed by atoms with E-state index in [0.29, 0.717) is 12.5 Å². The van der Waals surface area contributed by atoms with Crippen molar-refractivity contribution in [3.05, 3.63) is 195 Å². The first-order valence-electron chi connectivity index (χ1n) is 16.8. The molecule has 2 aliphatic carbocycles. The number of rotatable bonds is 5. The van der Waals surface area contributed by atoms with E-state index in [-0.39, 0.29) is 5.92 Å². The average molecular weight is 617 g/mol. The molecule has 2 heterocycles. The predicted molar refractivity (Wildman–Crippen MR) is 199 cm³/mol. The van der Waals surface area contributed by atoms with Crippen molar-refractivity contribution in [2.45, 2.75) is 20.3 Å². The number of fused-ring (bicyclic) bond motifs is 5. The highest BCUT2D eigenvalue weighted by atomic mass is 14.7. The molecule has 1 aliphatic heterocycles. The molecule has 2 nitrogen and oxygen atoms in total. The summed E-state index contributed by atoms with van der Waals surface area (Å²) in [6, 6.07) is 38.6. The summed E-state index contributed by atoms with van der Waals surface area (Å²) in [6.45, 7) is 9.90. The van der Waals surface area contributed by atoms with Gasteiger partial charge in [0, 0.05) is 29.3 Å². The lowest BCUT2D eigenvalue weighted by atomic mass is 9.67. The molecule has 2 atom stereocenters. The number of nitrogens with zero attached hydrogens (tertiary/aromatic N) is 2. The number of aromatic nitrogens is 1. The van der Waals surface area contributed by atoms with E-state index in [1.54, 1.807) is 0 Å². The molecule has 5 aromatic rings. The quantitative estimate of drug-likeness (QED) is 0.201. The Kier molecular flexibility index (Phi) is 7.67. The summed E-state index contributed by atoms with van der Waals surface area (Å²) < 4.78 is 0. The first-order chi connectivity index (χ1) is 23.6. The van der Waals surface area contributed by atoms with Gasteiger partial charge in [0.25, 0.3) is 0 Å². The third-order valence-corrected chi connectivity index (χ3v) is 9.99. The zero-order valence-corrected chi connectivity index (χ0v) is 27.4. The van der Waals surface area contributed by atoms with Gasteiger partial charge in [0.1, 0.15) is 0 Å². The number of benzene rings is 3. The highest BCUT2D eigenvalue weighted by molar-refractivity contribution is 6.09. The van der Waals surface area contributed by atoms with Crippen LogP contribution < -0.4 is 21.0 Å². The van der Waals surface area contributed by atoms with Crippen molar-refractivity contribution in [3.8, 4) is 0 Å². The molecule has 0 fully saturated rings. The molecule has 3 aliphatic rings. The van der Waals surface area contributed by atoms with Crippen LogP contribution in [0.15, 0.2) is 150 Å². The van der Waals surface area contributed by atoms with Crippen molar-refractivity contribution < 1.29 is 0 Å². The Balaban J connectivity index is 1.30. The van der Waals surface area contributed by atoms with Crippen LogP contribution in [0.4, 0.5) is 0 Å². The maximum absolute atomic E-state index is 5.05. The van der Waals surface area contributed by atoms with Crippen LogP contribution in [0.2, 0.25) is 0 Å². The van der Waals surface area contributed by atoms with Gasteiger partial charge in [-0.3, -0.25) is 9.98 Å². The molecule has 8 rings (SSSR count). The fraction of sp³-hybridized carbons (Fsp3) is 0.130.